The Kier molecular flexibility index (Phi) is 3.69. The number of rotatable bonds is 2. The Morgan fingerprint density at radius 3 is 2.71 bits per heavy atom. The number of hydrogen-bond donors (Lipinski definition) is 1. The van der Waals surface area contributed by atoms with E-state index in [0.717, 1.165) is 10.0 Å². The molecule has 0 amide bonds. The maximum atomic E-state index is 12.4. The van der Waals surface area contributed by atoms with E-state index in [2.05, 4.69) is 20.9 Å². The zero-order valence-corrected chi connectivity index (χ0v) is 13.1. The minimum Gasteiger partial charge on any atom is -0.307 e. The summed E-state index contributed by atoms with van der Waals surface area (Å²) < 4.78 is 2.08. The first-order chi connectivity index (χ1) is 10.0. The molecule has 3 rings (SSSR count). The predicted octanol–water partition coefficient (Wildman–Crippen LogP) is 3.15. The summed E-state index contributed by atoms with van der Waals surface area (Å²) in [5.74, 6) is 0. The Bertz CT molecular complexity index is 946. The first-order valence-corrected chi connectivity index (χ1v) is 7.38. The number of aromatic amines is 1. The van der Waals surface area contributed by atoms with Crippen LogP contribution in [0.1, 0.15) is 5.56 Å². The number of aromatic nitrogens is 2. The van der Waals surface area contributed by atoms with Gasteiger partial charge in [-0.3, -0.25) is 9.36 Å². The molecule has 21 heavy (non-hydrogen) atoms. The molecule has 106 valence electrons. The SMILES string of the molecule is O=c1[nH]c2cc(Cl)ccc2c(=O)n1Cc1cccc(Br)c1. The second kappa shape index (κ2) is 5.50. The van der Waals surface area contributed by atoms with E-state index in [1.54, 1.807) is 18.2 Å². The molecular weight excluding hydrogens is 356 g/mol. The van der Waals surface area contributed by atoms with E-state index in [1.807, 2.05) is 24.3 Å². The number of fused-ring (bicyclic) bond motifs is 1. The summed E-state index contributed by atoms with van der Waals surface area (Å²) in [4.78, 5) is 27.2. The molecule has 3 aromatic rings. The fourth-order valence-electron chi connectivity index (χ4n) is 2.19. The second-order valence-corrected chi connectivity index (χ2v) is 5.99. The van der Waals surface area contributed by atoms with Crippen LogP contribution in [0.25, 0.3) is 10.9 Å². The molecule has 0 atom stereocenters. The van der Waals surface area contributed by atoms with Crippen molar-refractivity contribution in [3.8, 4) is 0 Å². The van der Waals surface area contributed by atoms with Crippen molar-refractivity contribution < 1.29 is 0 Å². The maximum Gasteiger partial charge on any atom is 0.329 e. The molecule has 0 radical (unpaired) electrons. The highest BCUT2D eigenvalue weighted by Crippen LogP contribution is 2.14. The van der Waals surface area contributed by atoms with Gasteiger partial charge in [0.15, 0.2) is 0 Å². The van der Waals surface area contributed by atoms with Crippen LogP contribution in [0, 0.1) is 0 Å². The van der Waals surface area contributed by atoms with Crippen LogP contribution in [0.5, 0.6) is 0 Å². The Morgan fingerprint density at radius 1 is 1.14 bits per heavy atom. The molecular formula is C15H10BrClN2O2. The third-order valence-electron chi connectivity index (χ3n) is 3.17. The summed E-state index contributed by atoms with van der Waals surface area (Å²) >= 11 is 9.25. The van der Waals surface area contributed by atoms with Gasteiger partial charge in [-0.1, -0.05) is 39.7 Å². The molecule has 0 saturated heterocycles. The quantitative estimate of drug-likeness (QED) is 0.758. The van der Waals surface area contributed by atoms with Crippen LogP contribution in [-0.2, 0) is 6.54 Å². The van der Waals surface area contributed by atoms with Crippen LogP contribution in [0.15, 0.2) is 56.5 Å². The fourth-order valence-corrected chi connectivity index (χ4v) is 2.81. The average molecular weight is 366 g/mol. The molecule has 1 N–H and O–H groups in total. The van der Waals surface area contributed by atoms with E-state index < -0.39 is 5.69 Å². The zero-order valence-electron chi connectivity index (χ0n) is 10.8. The Hall–Kier alpha value is -1.85. The van der Waals surface area contributed by atoms with Crippen molar-refractivity contribution in [1.82, 2.24) is 9.55 Å². The van der Waals surface area contributed by atoms with Gasteiger partial charge < -0.3 is 4.98 Å². The highest BCUT2D eigenvalue weighted by Gasteiger charge is 2.08. The lowest BCUT2D eigenvalue weighted by atomic mass is 10.2. The Labute approximate surface area is 133 Å². The molecule has 0 bridgehead atoms. The van der Waals surface area contributed by atoms with Gasteiger partial charge in [0.2, 0.25) is 0 Å². The van der Waals surface area contributed by atoms with E-state index in [0.29, 0.717) is 15.9 Å². The van der Waals surface area contributed by atoms with E-state index in [9.17, 15) is 9.59 Å². The third kappa shape index (κ3) is 2.80. The van der Waals surface area contributed by atoms with E-state index in [4.69, 9.17) is 11.6 Å². The molecule has 6 heteroatoms. The van der Waals surface area contributed by atoms with Crippen LogP contribution in [-0.4, -0.2) is 9.55 Å². The highest BCUT2D eigenvalue weighted by atomic mass is 79.9. The van der Waals surface area contributed by atoms with Gasteiger partial charge in [-0.2, -0.15) is 0 Å². The van der Waals surface area contributed by atoms with Crippen molar-refractivity contribution in [2.24, 2.45) is 0 Å². The number of nitrogens with zero attached hydrogens (tertiary/aromatic N) is 1. The zero-order chi connectivity index (χ0) is 15.0. The predicted molar refractivity (Wildman–Crippen MR) is 87.1 cm³/mol. The molecule has 0 aliphatic carbocycles. The van der Waals surface area contributed by atoms with E-state index in [1.165, 1.54) is 4.57 Å². The molecule has 0 aliphatic rings. The molecule has 0 saturated carbocycles. The maximum absolute atomic E-state index is 12.4. The lowest BCUT2D eigenvalue weighted by Crippen LogP contribution is -2.35. The largest absolute Gasteiger partial charge is 0.329 e. The smallest absolute Gasteiger partial charge is 0.307 e. The summed E-state index contributed by atoms with van der Waals surface area (Å²) in [5, 5.41) is 0.913. The van der Waals surface area contributed by atoms with Crippen LogP contribution < -0.4 is 11.2 Å². The summed E-state index contributed by atoms with van der Waals surface area (Å²) in [5.41, 5.74) is 0.536. The second-order valence-electron chi connectivity index (χ2n) is 4.64. The normalized spacial score (nSPS) is 11.0. The molecule has 4 nitrogen and oxygen atoms in total. The summed E-state index contributed by atoms with van der Waals surface area (Å²) in [6.07, 6.45) is 0. The van der Waals surface area contributed by atoms with Crippen molar-refractivity contribution in [3.05, 3.63) is 78.4 Å². The van der Waals surface area contributed by atoms with Gasteiger partial charge in [-0.25, -0.2) is 4.79 Å². The summed E-state index contributed by atoms with van der Waals surface area (Å²) in [6.45, 7) is 0.214. The lowest BCUT2D eigenvalue weighted by Gasteiger charge is -2.07. The number of halogens is 2. The minimum absolute atomic E-state index is 0.214. The lowest BCUT2D eigenvalue weighted by molar-refractivity contribution is 0.711. The van der Waals surface area contributed by atoms with E-state index in [-0.39, 0.29) is 12.1 Å². The van der Waals surface area contributed by atoms with Crippen molar-refractivity contribution in [2.75, 3.05) is 0 Å². The number of hydrogen-bond acceptors (Lipinski definition) is 2. The van der Waals surface area contributed by atoms with Crippen LogP contribution in [0.4, 0.5) is 0 Å². The molecule has 0 fully saturated rings. The molecule has 1 heterocycles. The monoisotopic (exact) mass is 364 g/mol. The van der Waals surface area contributed by atoms with Gasteiger partial charge in [-0.15, -0.1) is 0 Å². The van der Waals surface area contributed by atoms with Crippen LogP contribution >= 0.6 is 27.5 Å². The number of nitrogens with one attached hydrogen (secondary N) is 1. The Morgan fingerprint density at radius 2 is 1.95 bits per heavy atom. The van der Waals surface area contributed by atoms with Crippen LogP contribution in [0.2, 0.25) is 5.02 Å². The molecule has 2 aromatic carbocycles. The van der Waals surface area contributed by atoms with Gasteiger partial charge >= 0.3 is 5.69 Å². The topological polar surface area (TPSA) is 54.9 Å². The average Bonchev–Trinajstić information content (AvgIpc) is 2.43. The molecule has 0 unspecified atom stereocenters. The van der Waals surface area contributed by atoms with Crippen molar-refractivity contribution in [3.63, 3.8) is 0 Å². The van der Waals surface area contributed by atoms with Crippen molar-refractivity contribution in [2.45, 2.75) is 6.54 Å². The van der Waals surface area contributed by atoms with Gasteiger partial charge in [0, 0.05) is 9.50 Å². The van der Waals surface area contributed by atoms with Gasteiger partial charge in [-0.05, 0) is 35.9 Å². The third-order valence-corrected chi connectivity index (χ3v) is 3.90. The summed E-state index contributed by atoms with van der Waals surface area (Å²) in [6, 6.07) is 12.3. The summed E-state index contributed by atoms with van der Waals surface area (Å²) in [7, 11) is 0. The van der Waals surface area contributed by atoms with Gasteiger partial charge in [0.05, 0.1) is 17.4 Å². The first kappa shape index (κ1) is 14.1. The van der Waals surface area contributed by atoms with Gasteiger partial charge in [0.25, 0.3) is 5.56 Å². The molecule has 1 aromatic heterocycles. The number of H-pyrrole nitrogens is 1. The molecule has 0 spiro atoms. The number of benzene rings is 2. The minimum atomic E-state index is -0.449. The molecule has 0 aliphatic heterocycles. The standard InChI is InChI=1S/C15H10BrClN2O2/c16-10-3-1-2-9(6-10)8-19-14(20)12-5-4-11(17)7-13(12)18-15(19)21/h1-7H,8H2,(H,18,21). The fraction of sp³-hybridized carbons (Fsp3) is 0.0667. The van der Waals surface area contributed by atoms with Gasteiger partial charge in [0.1, 0.15) is 0 Å². The van der Waals surface area contributed by atoms with E-state index >= 15 is 0 Å². The van der Waals surface area contributed by atoms with Crippen molar-refractivity contribution >= 4 is 38.4 Å². The van der Waals surface area contributed by atoms with Crippen molar-refractivity contribution in [1.29, 1.82) is 0 Å². The Balaban J connectivity index is 2.17. The highest BCUT2D eigenvalue weighted by molar-refractivity contribution is 9.10. The van der Waals surface area contributed by atoms with Crippen LogP contribution in [0.3, 0.4) is 0 Å². The first-order valence-electron chi connectivity index (χ1n) is 6.21.